The van der Waals surface area contributed by atoms with Crippen LogP contribution in [0.15, 0.2) is 91.1 Å². The topological polar surface area (TPSA) is 108 Å². The van der Waals surface area contributed by atoms with Gasteiger partial charge in [0.25, 0.3) is 5.91 Å². The molecule has 0 saturated carbocycles. The first-order valence-electron chi connectivity index (χ1n) is 11.8. The van der Waals surface area contributed by atoms with Crippen molar-refractivity contribution in [2.45, 2.75) is 13.1 Å². The van der Waals surface area contributed by atoms with Crippen LogP contribution in [-0.4, -0.2) is 26.8 Å². The fraction of sp³-hybridized carbons (Fsp3) is 0.0667. The van der Waals surface area contributed by atoms with E-state index in [1.54, 1.807) is 53.3 Å². The highest BCUT2D eigenvalue weighted by atomic mass is 35.5. The van der Waals surface area contributed by atoms with Gasteiger partial charge in [0.05, 0.1) is 41.0 Å². The van der Waals surface area contributed by atoms with Gasteiger partial charge < -0.3 is 10.4 Å². The van der Waals surface area contributed by atoms with Crippen molar-refractivity contribution in [2.75, 3.05) is 0 Å². The number of carbonyl (C=O) groups is 2. The smallest absolute Gasteiger partial charge is 0.335 e. The number of carboxylic acids is 1. The summed E-state index contributed by atoms with van der Waals surface area (Å²) in [5.41, 5.74) is 5.11. The molecule has 0 spiro atoms. The predicted octanol–water partition coefficient (Wildman–Crippen LogP) is 5.90. The fourth-order valence-corrected chi connectivity index (χ4v) is 4.52. The normalized spacial score (nSPS) is 10.7. The van der Waals surface area contributed by atoms with Gasteiger partial charge in [-0.3, -0.25) is 9.48 Å². The molecule has 4 aromatic carbocycles. The molecule has 2 N–H and O–H groups in total. The first-order chi connectivity index (χ1) is 18.4. The number of benzene rings is 4. The number of rotatable bonds is 7. The van der Waals surface area contributed by atoms with Gasteiger partial charge in [-0.15, -0.1) is 0 Å². The number of carboxylic acid groups (broad SMARTS) is 1. The highest BCUT2D eigenvalue weighted by Crippen LogP contribution is 2.29. The maximum atomic E-state index is 13.6. The van der Waals surface area contributed by atoms with Crippen LogP contribution in [0.3, 0.4) is 0 Å². The van der Waals surface area contributed by atoms with E-state index >= 15 is 0 Å². The molecule has 1 heterocycles. The van der Waals surface area contributed by atoms with Crippen LogP contribution in [0.4, 0.5) is 0 Å². The summed E-state index contributed by atoms with van der Waals surface area (Å²) in [6, 6.07) is 27.0. The Morgan fingerprint density at radius 1 is 0.947 bits per heavy atom. The van der Waals surface area contributed by atoms with E-state index in [1.165, 1.54) is 12.1 Å². The molecule has 0 fully saturated rings. The number of hydrogen-bond donors (Lipinski definition) is 2. The third-order valence-corrected chi connectivity index (χ3v) is 6.41. The molecule has 0 aliphatic carbocycles. The number of nitrogens with one attached hydrogen (secondary N) is 1. The standard InChI is InChI=1S/C30H21ClN4O3/c31-26-6-2-4-21(12-26)18-35-28-25(17-34-35)13-24(23-5-1-3-20(11-23)15-32)14-27(28)29(36)33-16-19-7-9-22(10-8-19)30(37)38/h1-14,17H,16,18H2,(H,33,36)(H,37,38). The number of nitrogens with zero attached hydrogens (tertiary/aromatic N) is 3. The summed E-state index contributed by atoms with van der Waals surface area (Å²) >= 11 is 6.18. The van der Waals surface area contributed by atoms with Crippen molar-refractivity contribution < 1.29 is 14.7 Å². The minimum atomic E-state index is -1.01. The van der Waals surface area contributed by atoms with E-state index in [9.17, 15) is 14.9 Å². The number of fused-ring (bicyclic) bond motifs is 1. The van der Waals surface area contributed by atoms with Crippen molar-refractivity contribution in [1.29, 1.82) is 5.26 Å². The average molecular weight is 521 g/mol. The highest BCUT2D eigenvalue weighted by molar-refractivity contribution is 6.30. The Morgan fingerprint density at radius 3 is 2.47 bits per heavy atom. The lowest BCUT2D eigenvalue weighted by Crippen LogP contribution is -2.24. The second-order valence-electron chi connectivity index (χ2n) is 8.77. The molecule has 5 aromatic rings. The number of halogens is 1. The van der Waals surface area contributed by atoms with Gasteiger partial charge in [-0.05, 0) is 70.8 Å². The monoisotopic (exact) mass is 520 g/mol. The van der Waals surface area contributed by atoms with Crippen LogP contribution in [0, 0.1) is 11.3 Å². The average Bonchev–Trinajstić information content (AvgIpc) is 3.34. The molecule has 186 valence electrons. The Bertz CT molecular complexity index is 1720. The van der Waals surface area contributed by atoms with Crippen molar-refractivity contribution in [3.8, 4) is 17.2 Å². The van der Waals surface area contributed by atoms with E-state index in [0.29, 0.717) is 28.2 Å². The molecule has 0 aliphatic heterocycles. The summed E-state index contributed by atoms with van der Waals surface area (Å²) in [4.78, 5) is 24.7. The van der Waals surface area contributed by atoms with Gasteiger partial charge in [-0.25, -0.2) is 4.79 Å². The molecular formula is C30H21ClN4O3. The third kappa shape index (κ3) is 5.26. The van der Waals surface area contributed by atoms with Crippen molar-refractivity contribution in [2.24, 2.45) is 0 Å². The Balaban J connectivity index is 1.54. The van der Waals surface area contributed by atoms with Crippen molar-refractivity contribution in [3.63, 3.8) is 0 Å². The second kappa shape index (κ2) is 10.6. The Morgan fingerprint density at radius 2 is 1.74 bits per heavy atom. The number of aromatic carboxylic acids is 1. The zero-order valence-electron chi connectivity index (χ0n) is 20.1. The van der Waals surface area contributed by atoms with E-state index in [4.69, 9.17) is 16.7 Å². The number of carbonyl (C=O) groups excluding carboxylic acids is 1. The largest absolute Gasteiger partial charge is 0.478 e. The van der Waals surface area contributed by atoms with Crippen LogP contribution in [0.5, 0.6) is 0 Å². The van der Waals surface area contributed by atoms with Crippen molar-refractivity contribution in [1.82, 2.24) is 15.1 Å². The molecule has 0 radical (unpaired) electrons. The zero-order chi connectivity index (χ0) is 26.6. The van der Waals surface area contributed by atoms with Crippen LogP contribution in [0.2, 0.25) is 5.02 Å². The van der Waals surface area contributed by atoms with Crippen LogP contribution in [0.1, 0.15) is 37.4 Å². The van der Waals surface area contributed by atoms with Crippen LogP contribution >= 0.6 is 11.6 Å². The van der Waals surface area contributed by atoms with Crippen molar-refractivity contribution >= 4 is 34.4 Å². The SMILES string of the molecule is N#Cc1cccc(-c2cc(C(=O)NCc3ccc(C(=O)O)cc3)c3c(cnn3Cc3cccc(Cl)c3)c2)c1. The van der Waals surface area contributed by atoms with Crippen LogP contribution < -0.4 is 5.32 Å². The van der Waals surface area contributed by atoms with Gasteiger partial charge in [0.15, 0.2) is 0 Å². The second-order valence-corrected chi connectivity index (χ2v) is 9.21. The van der Waals surface area contributed by atoms with Gasteiger partial charge in [0.2, 0.25) is 0 Å². The maximum absolute atomic E-state index is 13.6. The van der Waals surface area contributed by atoms with Gasteiger partial charge >= 0.3 is 5.97 Å². The molecule has 0 unspecified atom stereocenters. The van der Waals surface area contributed by atoms with Crippen LogP contribution in [0.25, 0.3) is 22.0 Å². The fourth-order valence-electron chi connectivity index (χ4n) is 4.31. The number of nitriles is 1. The summed E-state index contributed by atoms with van der Waals surface area (Å²) in [5.74, 6) is -1.31. The number of hydrogen-bond acceptors (Lipinski definition) is 4. The number of aromatic nitrogens is 2. The predicted molar refractivity (Wildman–Crippen MR) is 145 cm³/mol. The lowest BCUT2D eigenvalue weighted by atomic mass is 9.98. The summed E-state index contributed by atoms with van der Waals surface area (Å²) < 4.78 is 1.77. The summed E-state index contributed by atoms with van der Waals surface area (Å²) in [5, 5.41) is 27.4. The lowest BCUT2D eigenvalue weighted by molar-refractivity contribution is 0.0696. The molecule has 7 nitrogen and oxygen atoms in total. The molecule has 0 aliphatic rings. The van der Waals surface area contributed by atoms with E-state index < -0.39 is 5.97 Å². The summed E-state index contributed by atoms with van der Waals surface area (Å²) in [6.07, 6.45) is 1.72. The first-order valence-corrected chi connectivity index (χ1v) is 12.1. The lowest BCUT2D eigenvalue weighted by Gasteiger charge is -2.12. The molecule has 38 heavy (non-hydrogen) atoms. The Labute approximate surface area is 223 Å². The van der Waals surface area contributed by atoms with Gasteiger partial charge in [0, 0.05) is 17.0 Å². The molecule has 0 bridgehead atoms. The number of amides is 1. The molecule has 1 amide bonds. The minimum absolute atomic E-state index is 0.180. The third-order valence-electron chi connectivity index (χ3n) is 6.18. The van der Waals surface area contributed by atoms with E-state index in [1.807, 2.05) is 30.3 Å². The van der Waals surface area contributed by atoms with Crippen molar-refractivity contribution in [3.05, 3.63) is 124 Å². The van der Waals surface area contributed by atoms with E-state index in [-0.39, 0.29) is 18.0 Å². The molecule has 0 atom stereocenters. The summed E-state index contributed by atoms with van der Waals surface area (Å²) in [6.45, 7) is 0.640. The summed E-state index contributed by atoms with van der Waals surface area (Å²) in [7, 11) is 0. The first kappa shape index (κ1) is 24.8. The molecular weight excluding hydrogens is 500 g/mol. The van der Waals surface area contributed by atoms with Crippen LogP contribution in [-0.2, 0) is 13.1 Å². The molecule has 1 aromatic heterocycles. The van der Waals surface area contributed by atoms with Gasteiger partial charge in [0.1, 0.15) is 0 Å². The maximum Gasteiger partial charge on any atom is 0.335 e. The molecule has 0 saturated heterocycles. The minimum Gasteiger partial charge on any atom is -0.478 e. The Hall–Kier alpha value is -4.93. The van der Waals surface area contributed by atoms with E-state index in [0.717, 1.165) is 27.6 Å². The molecule has 8 heteroatoms. The zero-order valence-corrected chi connectivity index (χ0v) is 20.8. The Kier molecular flexibility index (Phi) is 6.90. The highest BCUT2D eigenvalue weighted by Gasteiger charge is 2.18. The molecule has 5 rings (SSSR count). The van der Waals surface area contributed by atoms with E-state index in [2.05, 4.69) is 16.5 Å². The van der Waals surface area contributed by atoms with Gasteiger partial charge in [-0.1, -0.05) is 48.0 Å². The quantitative estimate of drug-likeness (QED) is 0.277. The van der Waals surface area contributed by atoms with Gasteiger partial charge in [-0.2, -0.15) is 10.4 Å².